The van der Waals surface area contributed by atoms with Crippen LogP contribution in [0.25, 0.3) is 6.08 Å². The third-order valence-electron chi connectivity index (χ3n) is 3.79. The van der Waals surface area contributed by atoms with E-state index in [1.807, 2.05) is 0 Å². The van der Waals surface area contributed by atoms with E-state index < -0.39 is 11.8 Å². The minimum Gasteiger partial charge on any atom is -0.504 e. The number of phenols is 1. The van der Waals surface area contributed by atoms with Crippen molar-refractivity contribution in [2.24, 2.45) is 5.10 Å². The number of ether oxygens (including phenoxy) is 1. The van der Waals surface area contributed by atoms with E-state index in [-0.39, 0.29) is 5.75 Å². The fraction of sp³-hybridized carbons (Fsp3) is 0.105. The Balaban J connectivity index is 1.91. The van der Waals surface area contributed by atoms with E-state index in [1.165, 1.54) is 13.2 Å². The predicted molar refractivity (Wildman–Crippen MR) is 93.4 cm³/mol. The normalized spacial score (nSPS) is 15.4. The molecule has 0 saturated carbocycles. The van der Waals surface area contributed by atoms with Gasteiger partial charge >= 0.3 is 0 Å². The highest BCUT2D eigenvalue weighted by Crippen LogP contribution is 2.28. The molecule has 0 atom stereocenters. The molecule has 1 N–H and O–H groups in total. The molecule has 0 saturated heterocycles. The van der Waals surface area contributed by atoms with Gasteiger partial charge in [-0.05, 0) is 42.8 Å². The van der Waals surface area contributed by atoms with Gasteiger partial charge in [-0.2, -0.15) is 10.1 Å². The quantitative estimate of drug-likeness (QED) is 0.690. The van der Waals surface area contributed by atoms with Crippen LogP contribution in [-0.4, -0.2) is 34.8 Å². The number of methoxy groups -OCH3 is 1. The van der Waals surface area contributed by atoms with Gasteiger partial charge in [-0.25, -0.2) is 0 Å². The number of carbonyl (C=O) groups excluding carboxylic acids is 2. The van der Waals surface area contributed by atoms with Gasteiger partial charge in [-0.1, -0.05) is 24.3 Å². The van der Waals surface area contributed by atoms with Crippen molar-refractivity contribution in [1.82, 2.24) is 5.01 Å². The zero-order valence-electron chi connectivity index (χ0n) is 13.8. The molecule has 0 spiro atoms. The van der Waals surface area contributed by atoms with Gasteiger partial charge in [0.2, 0.25) is 0 Å². The third-order valence-corrected chi connectivity index (χ3v) is 3.79. The van der Waals surface area contributed by atoms with Crippen LogP contribution in [0.4, 0.5) is 0 Å². The summed E-state index contributed by atoms with van der Waals surface area (Å²) in [5, 5.41) is 14.6. The molecular formula is C19H16N2O4. The van der Waals surface area contributed by atoms with E-state index >= 15 is 0 Å². The Morgan fingerprint density at radius 2 is 1.92 bits per heavy atom. The van der Waals surface area contributed by atoms with Crippen LogP contribution in [0.3, 0.4) is 0 Å². The summed E-state index contributed by atoms with van der Waals surface area (Å²) in [6.45, 7) is 1.67. The zero-order valence-corrected chi connectivity index (χ0v) is 13.8. The molecule has 1 aliphatic heterocycles. The number of rotatable bonds is 3. The second kappa shape index (κ2) is 6.60. The number of amides is 2. The highest BCUT2D eigenvalue weighted by Gasteiger charge is 2.32. The fourth-order valence-corrected chi connectivity index (χ4v) is 2.48. The number of aromatic hydroxyl groups is 1. The molecule has 0 aromatic heterocycles. The first-order valence-electron chi connectivity index (χ1n) is 7.59. The molecule has 1 aliphatic rings. The van der Waals surface area contributed by atoms with Crippen LogP contribution in [0, 0.1) is 0 Å². The smallest absolute Gasteiger partial charge is 0.283 e. The van der Waals surface area contributed by atoms with Gasteiger partial charge in [-0.3, -0.25) is 9.59 Å². The minimum atomic E-state index is -0.488. The van der Waals surface area contributed by atoms with Gasteiger partial charge in [0.1, 0.15) is 0 Å². The van der Waals surface area contributed by atoms with Crippen molar-refractivity contribution < 1.29 is 19.4 Å². The zero-order chi connectivity index (χ0) is 18.0. The van der Waals surface area contributed by atoms with Crippen LogP contribution in [0.5, 0.6) is 11.5 Å². The van der Waals surface area contributed by atoms with E-state index in [0.29, 0.717) is 28.2 Å². The molecule has 2 amide bonds. The SMILES string of the molecule is COc1cc(/C=C2/C(=O)N(C(=O)c3ccccc3)N=C2C)ccc1O. The Kier molecular flexibility index (Phi) is 4.35. The summed E-state index contributed by atoms with van der Waals surface area (Å²) < 4.78 is 5.06. The molecule has 25 heavy (non-hydrogen) atoms. The molecule has 2 aromatic rings. The molecule has 0 aliphatic carbocycles. The van der Waals surface area contributed by atoms with Gasteiger partial charge < -0.3 is 9.84 Å². The first kappa shape index (κ1) is 16.4. The summed E-state index contributed by atoms with van der Waals surface area (Å²) in [7, 11) is 1.44. The average Bonchev–Trinajstić information content (AvgIpc) is 2.91. The summed E-state index contributed by atoms with van der Waals surface area (Å²) >= 11 is 0. The molecule has 6 nitrogen and oxygen atoms in total. The maximum atomic E-state index is 12.6. The maximum absolute atomic E-state index is 12.6. The van der Waals surface area contributed by atoms with Crippen molar-refractivity contribution in [3.63, 3.8) is 0 Å². The van der Waals surface area contributed by atoms with Gasteiger partial charge in [0.25, 0.3) is 11.8 Å². The molecule has 3 rings (SSSR count). The summed E-state index contributed by atoms with van der Waals surface area (Å²) in [4.78, 5) is 25.1. The van der Waals surface area contributed by atoms with Gasteiger partial charge in [0, 0.05) is 5.56 Å². The van der Waals surface area contributed by atoms with E-state index in [0.717, 1.165) is 5.01 Å². The lowest BCUT2D eigenvalue weighted by Crippen LogP contribution is -2.29. The largest absolute Gasteiger partial charge is 0.504 e. The molecule has 0 fully saturated rings. The Labute approximate surface area is 144 Å². The van der Waals surface area contributed by atoms with Crippen LogP contribution in [0.15, 0.2) is 59.2 Å². The highest BCUT2D eigenvalue weighted by atomic mass is 16.5. The number of hydrogen-bond acceptors (Lipinski definition) is 5. The molecule has 0 radical (unpaired) electrons. The number of imide groups is 1. The summed E-state index contributed by atoms with van der Waals surface area (Å²) in [5.74, 6) is -0.657. The van der Waals surface area contributed by atoms with Gasteiger partial charge in [0.15, 0.2) is 11.5 Å². The van der Waals surface area contributed by atoms with Crippen molar-refractivity contribution in [2.75, 3.05) is 7.11 Å². The van der Waals surface area contributed by atoms with Crippen LogP contribution in [0.1, 0.15) is 22.8 Å². The van der Waals surface area contributed by atoms with E-state index in [1.54, 1.807) is 55.5 Å². The summed E-state index contributed by atoms with van der Waals surface area (Å²) in [5.41, 5.74) is 1.81. The molecule has 1 heterocycles. The topological polar surface area (TPSA) is 79.2 Å². The first-order valence-corrected chi connectivity index (χ1v) is 7.59. The fourth-order valence-electron chi connectivity index (χ4n) is 2.48. The Bertz CT molecular complexity index is 901. The Morgan fingerprint density at radius 3 is 2.60 bits per heavy atom. The van der Waals surface area contributed by atoms with Crippen LogP contribution >= 0.6 is 0 Å². The van der Waals surface area contributed by atoms with Crippen molar-refractivity contribution in [3.8, 4) is 11.5 Å². The standard InChI is InChI=1S/C19H16N2O4/c1-12-15(10-13-8-9-16(22)17(11-13)25-2)19(24)21(20-12)18(23)14-6-4-3-5-7-14/h3-11,22H,1-2H3/b15-10+. The summed E-state index contributed by atoms with van der Waals surface area (Å²) in [6.07, 6.45) is 1.61. The van der Waals surface area contributed by atoms with Crippen LogP contribution in [0.2, 0.25) is 0 Å². The Morgan fingerprint density at radius 1 is 1.20 bits per heavy atom. The van der Waals surface area contributed by atoms with Crippen LogP contribution < -0.4 is 4.74 Å². The molecule has 0 unspecified atom stereocenters. The predicted octanol–water partition coefficient (Wildman–Crippen LogP) is 2.84. The van der Waals surface area contributed by atoms with Crippen molar-refractivity contribution in [3.05, 3.63) is 65.2 Å². The minimum absolute atomic E-state index is 0.00803. The molecule has 126 valence electrons. The molecule has 0 bridgehead atoms. The van der Waals surface area contributed by atoms with E-state index in [2.05, 4.69) is 5.10 Å². The van der Waals surface area contributed by atoms with Crippen molar-refractivity contribution in [2.45, 2.75) is 6.92 Å². The lowest BCUT2D eigenvalue weighted by atomic mass is 10.1. The lowest BCUT2D eigenvalue weighted by molar-refractivity contribution is -0.123. The second-order valence-electron chi connectivity index (χ2n) is 5.46. The first-order chi connectivity index (χ1) is 12.0. The van der Waals surface area contributed by atoms with E-state index in [4.69, 9.17) is 4.74 Å². The second-order valence-corrected chi connectivity index (χ2v) is 5.46. The van der Waals surface area contributed by atoms with Gasteiger partial charge in [0.05, 0.1) is 18.4 Å². The number of carbonyl (C=O) groups is 2. The monoisotopic (exact) mass is 336 g/mol. The molecular weight excluding hydrogens is 320 g/mol. The number of nitrogens with zero attached hydrogens (tertiary/aromatic N) is 2. The molecule has 2 aromatic carbocycles. The lowest BCUT2D eigenvalue weighted by Gasteiger charge is -2.09. The number of hydrazone groups is 1. The number of hydrogen-bond donors (Lipinski definition) is 1. The third kappa shape index (κ3) is 3.14. The van der Waals surface area contributed by atoms with Gasteiger partial charge in [-0.15, -0.1) is 0 Å². The van der Waals surface area contributed by atoms with E-state index in [9.17, 15) is 14.7 Å². The van der Waals surface area contributed by atoms with Crippen LogP contribution in [-0.2, 0) is 4.79 Å². The Hall–Kier alpha value is -3.41. The number of phenolic OH excluding ortho intramolecular Hbond substituents is 1. The average molecular weight is 336 g/mol. The van der Waals surface area contributed by atoms with Crippen molar-refractivity contribution in [1.29, 1.82) is 0 Å². The highest BCUT2D eigenvalue weighted by molar-refractivity contribution is 6.30. The van der Waals surface area contributed by atoms with Crippen molar-refractivity contribution >= 4 is 23.6 Å². The summed E-state index contributed by atoms with van der Waals surface area (Å²) in [6, 6.07) is 13.2. The number of benzene rings is 2. The molecule has 6 heteroatoms. The maximum Gasteiger partial charge on any atom is 0.283 e.